The molecule has 34 heavy (non-hydrogen) atoms. The van der Waals surface area contributed by atoms with E-state index in [2.05, 4.69) is 16.7 Å². The minimum absolute atomic E-state index is 0.336. The van der Waals surface area contributed by atoms with E-state index in [0.717, 1.165) is 36.1 Å². The monoisotopic (exact) mass is 482 g/mol. The fourth-order valence-corrected chi connectivity index (χ4v) is 5.15. The second-order valence-electron chi connectivity index (χ2n) is 9.23. The first kappa shape index (κ1) is 26.3. The van der Waals surface area contributed by atoms with Gasteiger partial charge in [0.1, 0.15) is 6.04 Å². The minimum Gasteiger partial charge on any atom is -0.480 e. The molecule has 6 heteroatoms. The van der Waals surface area contributed by atoms with Crippen molar-refractivity contribution in [2.75, 3.05) is 18.6 Å². The Morgan fingerprint density at radius 3 is 2.56 bits per heavy atom. The third-order valence-electron chi connectivity index (χ3n) is 6.66. The molecular formula is C28H38N2O3S. The molecule has 0 bridgehead atoms. The van der Waals surface area contributed by atoms with Crippen molar-refractivity contribution in [3.05, 3.63) is 59.2 Å². The van der Waals surface area contributed by atoms with Crippen LogP contribution in [0.15, 0.2) is 42.5 Å². The molecular weight excluding hydrogens is 444 g/mol. The first-order valence-electron chi connectivity index (χ1n) is 12.4. The Balaban J connectivity index is 1.75. The normalized spacial score (nSPS) is 15.1. The van der Waals surface area contributed by atoms with Gasteiger partial charge in [-0.25, -0.2) is 4.79 Å². The summed E-state index contributed by atoms with van der Waals surface area (Å²) in [6.07, 6.45) is 10.9. The van der Waals surface area contributed by atoms with Gasteiger partial charge in [0.15, 0.2) is 0 Å². The van der Waals surface area contributed by atoms with Crippen molar-refractivity contribution >= 4 is 23.6 Å². The van der Waals surface area contributed by atoms with Crippen LogP contribution in [0.5, 0.6) is 0 Å². The van der Waals surface area contributed by atoms with Gasteiger partial charge in [-0.15, -0.1) is 0 Å². The Hall–Kier alpha value is -2.31. The second kappa shape index (κ2) is 13.5. The van der Waals surface area contributed by atoms with E-state index in [1.54, 1.807) is 11.8 Å². The smallest absolute Gasteiger partial charge is 0.326 e. The minimum atomic E-state index is -0.998. The number of hydrogen-bond donors (Lipinski definition) is 3. The molecule has 0 saturated heterocycles. The summed E-state index contributed by atoms with van der Waals surface area (Å²) in [5.74, 6) is -0.658. The molecule has 3 rings (SSSR count). The Bertz CT molecular complexity index is 956. The molecule has 1 fully saturated rings. The Morgan fingerprint density at radius 2 is 1.85 bits per heavy atom. The van der Waals surface area contributed by atoms with Crippen molar-refractivity contribution < 1.29 is 14.7 Å². The van der Waals surface area contributed by atoms with Crippen LogP contribution in [0.1, 0.15) is 66.4 Å². The summed E-state index contributed by atoms with van der Waals surface area (Å²) in [7, 11) is 0. The number of carboxylic acids is 1. The molecule has 0 radical (unpaired) electrons. The molecule has 1 aliphatic carbocycles. The topological polar surface area (TPSA) is 78.4 Å². The Morgan fingerprint density at radius 1 is 1.09 bits per heavy atom. The lowest BCUT2D eigenvalue weighted by Crippen LogP contribution is -2.41. The highest BCUT2D eigenvalue weighted by Gasteiger charge is 2.22. The highest BCUT2D eigenvalue weighted by Crippen LogP contribution is 2.29. The summed E-state index contributed by atoms with van der Waals surface area (Å²) in [6, 6.07) is 13.8. The summed E-state index contributed by atoms with van der Waals surface area (Å²) >= 11 is 1.57. The zero-order valence-corrected chi connectivity index (χ0v) is 21.3. The molecule has 0 spiro atoms. The van der Waals surface area contributed by atoms with Crippen molar-refractivity contribution in [2.24, 2.45) is 0 Å². The highest BCUT2D eigenvalue weighted by atomic mass is 32.2. The van der Waals surface area contributed by atoms with Crippen LogP contribution in [0.3, 0.4) is 0 Å². The van der Waals surface area contributed by atoms with Gasteiger partial charge in [0, 0.05) is 11.6 Å². The summed E-state index contributed by atoms with van der Waals surface area (Å²) in [6.45, 7) is 3.04. The lowest BCUT2D eigenvalue weighted by molar-refractivity contribution is -0.139. The number of thioether (sulfide) groups is 1. The van der Waals surface area contributed by atoms with E-state index in [1.165, 1.54) is 37.7 Å². The number of nitrogens with one attached hydrogen (secondary N) is 2. The van der Waals surface area contributed by atoms with Crippen LogP contribution in [0.25, 0.3) is 11.1 Å². The molecule has 184 valence electrons. The van der Waals surface area contributed by atoms with Gasteiger partial charge in [0.2, 0.25) is 0 Å². The molecule has 1 aliphatic rings. The van der Waals surface area contributed by atoms with Gasteiger partial charge >= 0.3 is 5.97 Å². The van der Waals surface area contributed by atoms with Crippen LogP contribution in [0.2, 0.25) is 0 Å². The molecule has 5 nitrogen and oxygen atoms in total. The molecule has 0 aliphatic heterocycles. The number of rotatable bonds is 12. The number of benzene rings is 2. The summed E-state index contributed by atoms with van der Waals surface area (Å²) in [5.41, 5.74) is 4.67. The van der Waals surface area contributed by atoms with E-state index in [1.807, 2.05) is 49.6 Å². The quantitative estimate of drug-likeness (QED) is 0.351. The zero-order valence-electron chi connectivity index (χ0n) is 20.4. The third-order valence-corrected chi connectivity index (χ3v) is 7.30. The Labute approximate surface area is 208 Å². The van der Waals surface area contributed by atoms with Crippen LogP contribution < -0.4 is 10.6 Å². The van der Waals surface area contributed by atoms with Crippen LogP contribution in [0, 0.1) is 6.92 Å². The lowest BCUT2D eigenvalue weighted by Gasteiger charge is -2.22. The number of aliphatic carboxylic acids is 1. The van der Waals surface area contributed by atoms with Crippen molar-refractivity contribution in [3.8, 4) is 11.1 Å². The van der Waals surface area contributed by atoms with Crippen LogP contribution >= 0.6 is 11.8 Å². The molecule has 2 aromatic rings. The Kier molecular flexibility index (Phi) is 10.5. The van der Waals surface area contributed by atoms with E-state index in [9.17, 15) is 14.7 Å². The highest BCUT2D eigenvalue weighted by molar-refractivity contribution is 7.98. The van der Waals surface area contributed by atoms with E-state index in [-0.39, 0.29) is 5.91 Å². The summed E-state index contributed by atoms with van der Waals surface area (Å²) < 4.78 is 0. The standard InChI is InChI=1S/C28H38N2O3S/c1-20-9-6-7-13-23(20)25-19-21(10-8-17-29-22-11-4-3-5-12-22)14-15-24(25)27(31)30-26(28(32)33)16-18-34-2/h6-7,9,13-15,19,22,26,29H,3-5,8,10-12,16-18H2,1-2H3,(H,30,31)(H,32,33)/t26-/m0/s1. The largest absolute Gasteiger partial charge is 0.480 e. The number of hydrogen-bond acceptors (Lipinski definition) is 4. The maximum absolute atomic E-state index is 13.2. The number of amides is 1. The fourth-order valence-electron chi connectivity index (χ4n) is 4.68. The first-order valence-corrected chi connectivity index (χ1v) is 13.8. The number of carboxylic acid groups (broad SMARTS) is 1. The van der Waals surface area contributed by atoms with Gasteiger partial charge < -0.3 is 15.7 Å². The van der Waals surface area contributed by atoms with Crippen LogP contribution in [-0.4, -0.2) is 47.6 Å². The van der Waals surface area contributed by atoms with Gasteiger partial charge in [-0.3, -0.25) is 4.79 Å². The van der Waals surface area contributed by atoms with Gasteiger partial charge in [-0.1, -0.05) is 55.7 Å². The van der Waals surface area contributed by atoms with Crippen molar-refractivity contribution in [1.82, 2.24) is 10.6 Å². The average molecular weight is 483 g/mol. The molecule has 0 heterocycles. The summed E-state index contributed by atoms with van der Waals surface area (Å²) in [4.78, 5) is 24.8. The molecule has 0 unspecified atom stereocenters. The van der Waals surface area contributed by atoms with E-state index in [0.29, 0.717) is 23.8 Å². The van der Waals surface area contributed by atoms with Gasteiger partial charge in [0.25, 0.3) is 5.91 Å². The van der Waals surface area contributed by atoms with E-state index in [4.69, 9.17) is 0 Å². The average Bonchev–Trinajstić information content (AvgIpc) is 2.85. The van der Waals surface area contributed by atoms with Gasteiger partial charge in [0.05, 0.1) is 0 Å². The molecule has 1 atom stereocenters. The second-order valence-corrected chi connectivity index (χ2v) is 10.2. The molecule has 1 amide bonds. The van der Waals surface area contributed by atoms with Crippen molar-refractivity contribution in [2.45, 2.75) is 70.4 Å². The maximum atomic E-state index is 13.2. The van der Waals surface area contributed by atoms with Crippen LogP contribution in [-0.2, 0) is 11.2 Å². The summed E-state index contributed by atoms with van der Waals surface area (Å²) in [5, 5.41) is 16.0. The SMILES string of the molecule is CSCC[C@H](NC(=O)c1ccc(CCCNC2CCCCC2)cc1-c1ccccc1C)C(=O)O. The maximum Gasteiger partial charge on any atom is 0.326 e. The predicted octanol–water partition coefficient (Wildman–Crippen LogP) is 5.45. The van der Waals surface area contributed by atoms with Crippen molar-refractivity contribution in [3.63, 3.8) is 0 Å². The van der Waals surface area contributed by atoms with Crippen LogP contribution in [0.4, 0.5) is 0 Å². The third kappa shape index (κ3) is 7.60. The zero-order chi connectivity index (χ0) is 24.3. The van der Waals surface area contributed by atoms with Crippen molar-refractivity contribution in [1.29, 1.82) is 0 Å². The van der Waals surface area contributed by atoms with Gasteiger partial charge in [-0.2, -0.15) is 11.8 Å². The van der Waals surface area contributed by atoms with Gasteiger partial charge in [-0.05, 0) is 85.9 Å². The molecule has 3 N–H and O–H groups in total. The first-order chi connectivity index (χ1) is 16.5. The molecule has 0 aromatic heterocycles. The number of aryl methyl sites for hydroxylation is 2. The fraction of sp³-hybridized carbons (Fsp3) is 0.500. The van der Waals surface area contributed by atoms with E-state index < -0.39 is 12.0 Å². The number of carbonyl (C=O) groups is 2. The lowest BCUT2D eigenvalue weighted by atomic mass is 9.92. The number of carbonyl (C=O) groups excluding carboxylic acids is 1. The molecule has 2 aromatic carbocycles. The molecule has 1 saturated carbocycles. The van der Waals surface area contributed by atoms with E-state index >= 15 is 0 Å². The predicted molar refractivity (Wildman–Crippen MR) is 142 cm³/mol.